The molecular weight excluding hydrogens is 364 g/mol. The standard InChI is InChI=1S/C19H26N4O3S/c1-19(2)11-13(9-10-26-19)17(24)20-12-16-21-22-18(27-4)23(16)14-5-7-15(25-3)8-6-14/h5-8,13H,9-12H2,1-4H3,(H,20,24)/t13-/m0/s1. The molecule has 1 fully saturated rings. The van der Waals surface area contributed by atoms with E-state index in [2.05, 4.69) is 15.5 Å². The molecule has 1 aromatic heterocycles. The van der Waals surface area contributed by atoms with Crippen molar-refractivity contribution in [3.63, 3.8) is 0 Å². The molecule has 0 aliphatic carbocycles. The van der Waals surface area contributed by atoms with Crippen LogP contribution in [0.4, 0.5) is 0 Å². The van der Waals surface area contributed by atoms with Gasteiger partial charge in [-0.2, -0.15) is 0 Å². The number of ether oxygens (including phenoxy) is 2. The average Bonchev–Trinajstić information content (AvgIpc) is 3.08. The highest BCUT2D eigenvalue weighted by Gasteiger charge is 2.32. The Morgan fingerprint density at radius 3 is 2.74 bits per heavy atom. The van der Waals surface area contributed by atoms with Crippen LogP contribution in [0.15, 0.2) is 29.4 Å². The van der Waals surface area contributed by atoms with Crippen molar-refractivity contribution in [3.8, 4) is 11.4 Å². The predicted molar refractivity (Wildman–Crippen MR) is 104 cm³/mol. The lowest BCUT2D eigenvalue weighted by Crippen LogP contribution is -2.41. The monoisotopic (exact) mass is 390 g/mol. The molecule has 27 heavy (non-hydrogen) atoms. The van der Waals surface area contributed by atoms with Gasteiger partial charge in [-0.15, -0.1) is 10.2 Å². The molecule has 0 radical (unpaired) electrons. The molecule has 1 atom stereocenters. The fourth-order valence-electron chi connectivity index (χ4n) is 3.30. The highest BCUT2D eigenvalue weighted by Crippen LogP contribution is 2.29. The fourth-order valence-corrected chi connectivity index (χ4v) is 3.82. The molecule has 0 bridgehead atoms. The Hall–Kier alpha value is -2.06. The van der Waals surface area contributed by atoms with Crippen molar-refractivity contribution in [1.82, 2.24) is 20.1 Å². The number of methoxy groups -OCH3 is 1. The van der Waals surface area contributed by atoms with Crippen LogP contribution in [-0.4, -0.2) is 46.2 Å². The van der Waals surface area contributed by atoms with Gasteiger partial charge in [-0.1, -0.05) is 11.8 Å². The number of aromatic nitrogens is 3. The van der Waals surface area contributed by atoms with Gasteiger partial charge in [-0.05, 0) is 57.2 Å². The maximum atomic E-state index is 12.6. The third kappa shape index (κ3) is 4.62. The van der Waals surface area contributed by atoms with Gasteiger partial charge in [-0.3, -0.25) is 9.36 Å². The van der Waals surface area contributed by atoms with Crippen molar-refractivity contribution in [2.45, 2.75) is 44.0 Å². The molecule has 146 valence electrons. The lowest BCUT2D eigenvalue weighted by molar-refractivity contribution is -0.135. The van der Waals surface area contributed by atoms with Crippen molar-refractivity contribution in [2.24, 2.45) is 5.92 Å². The maximum Gasteiger partial charge on any atom is 0.223 e. The van der Waals surface area contributed by atoms with Crippen LogP contribution in [0.5, 0.6) is 5.75 Å². The molecule has 0 spiro atoms. The molecule has 2 aromatic rings. The molecule has 1 aromatic carbocycles. The van der Waals surface area contributed by atoms with E-state index in [0.29, 0.717) is 19.0 Å². The number of carbonyl (C=O) groups is 1. The van der Waals surface area contributed by atoms with Crippen molar-refractivity contribution in [2.75, 3.05) is 20.0 Å². The molecule has 2 heterocycles. The van der Waals surface area contributed by atoms with Gasteiger partial charge in [-0.25, -0.2) is 0 Å². The minimum absolute atomic E-state index is 0.0360. The van der Waals surface area contributed by atoms with E-state index in [9.17, 15) is 4.79 Å². The van der Waals surface area contributed by atoms with E-state index in [-0.39, 0.29) is 17.4 Å². The van der Waals surface area contributed by atoms with Gasteiger partial charge in [0.1, 0.15) is 5.75 Å². The molecule has 1 aliphatic rings. The summed E-state index contributed by atoms with van der Waals surface area (Å²) in [6, 6.07) is 7.69. The van der Waals surface area contributed by atoms with Gasteiger partial charge in [0.05, 0.1) is 19.3 Å². The van der Waals surface area contributed by atoms with Crippen LogP contribution in [0.1, 0.15) is 32.5 Å². The van der Waals surface area contributed by atoms with Gasteiger partial charge in [0.2, 0.25) is 5.91 Å². The third-order valence-corrected chi connectivity index (χ3v) is 5.33. The topological polar surface area (TPSA) is 78.3 Å². The number of nitrogens with one attached hydrogen (secondary N) is 1. The molecule has 1 amide bonds. The zero-order valence-electron chi connectivity index (χ0n) is 16.2. The van der Waals surface area contributed by atoms with Crippen molar-refractivity contribution in [3.05, 3.63) is 30.1 Å². The van der Waals surface area contributed by atoms with E-state index in [4.69, 9.17) is 9.47 Å². The summed E-state index contributed by atoms with van der Waals surface area (Å²) in [7, 11) is 1.64. The van der Waals surface area contributed by atoms with Crippen LogP contribution >= 0.6 is 11.8 Å². The van der Waals surface area contributed by atoms with E-state index in [1.54, 1.807) is 7.11 Å². The summed E-state index contributed by atoms with van der Waals surface area (Å²) in [5.41, 5.74) is 0.677. The molecule has 0 unspecified atom stereocenters. The number of rotatable bonds is 6. The average molecular weight is 391 g/mol. The Kier molecular flexibility index (Phi) is 6.06. The largest absolute Gasteiger partial charge is 0.497 e. The van der Waals surface area contributed by atoms with E-state index in [1.165, 1.54) is 11.8 Å². The third-order valence-electron chi connectivity index (χ3n) is 4.70. The van der Waals surface area contributed by atoms with Crippen LogP contribution in [0.2, 0.25) is 0 Å². The Balaban J connectivity index is 1.73. The Labute approximate surface area is 163 Å². The summed E-state index contributed by atoms with van der Waals surface area (Å²) < 4.78 is 12.9. The van der Waals surface area contributed by atoms with Crippen molar-refractivity contribution in [1.29, 1.82) is 0 Å². The first-order valence-corrected chi connectivity index (χ1v) is 10.2. The van der Waals surface area contributed by atoms with E-state index in [0.717, 1.165) is 29.4 Å². The molecule has 1 saturated heterocycles. The minimum atomic E-state index is -0.255. The normalized spacial score (nSPS) is 18.9. The highest BCUT2D eigenvalue weighted by molar-refractivity contribution is 7.98. The second-order valence-electron chi connectivity index (χ2n) is 7.15. The van der Waals surface area contributed by atoms with Crippen LogP contribution in [0.25, 0.3) is 5.69 Å². The Morgan fingerprint density at radius 1 is 1.37 bits per heavy atom. The number of thioether (sulfide) groups is 1. The highest BCUT2D eigenvalue weighted by atomic mass is 32.2. The van der Waals surface area contributed by atoms with Crippen LogP contribution < -0.4 is 10.1 Å². The number of benzene rings is 1. The summed E-state index contributed by atoms with van der Waals surface area (Å²) in [4.78, 5) is 12.6. The Bertz CT molecular complexity index is 789. The lowest BCUT2D eigenvalue weighted by atomic mass is 9.88. The molecule has 1 aliphatic heterocycles. The summed E-state index contributed by atoms with van der Waals surface area (Å²) in [5.74, 6) is 1.49. The van der Waals surface area contributed by atoms with Crippen LogP contribution in [0, 0.1) is 5.92 Å². The van der Waals surface area contributed by atoms with Gasteiger partial charge < -0.3 is 14.8 Å². The molecule has 3 rings (SSSR count). The first-order valence-electron chi connectivity index (χ1n) is 8.98. The van der Waals surface area contributed by atoms with Crippen LogP contribution in [-0.2, 0) is 16.1 Å². The SMILES string of the molecule is COc1ccc(-n2c(CNC(=O)[C@H]3CCOC(C)(C)C3)nnc2SC)cc1. The van der Waals surface area contributed by atoms with E-state index >= 15 is 0 Å². The van der Waals surface area contributed by atoms with Crippen LogP contribution in [0.3, 0.4) is 0 Å². The number of amides is 1. The summed E-state index contributed by atoms with van der Waals surface area (Å²) >= 11 is 1.51. The quantitative estimate of drug-likeness (QED) is 0.764. The predicted octanol–water partition coefficient (Wildman–Crippen LogP) is 2.82. The summed E-state index contributed by atoms with van der Waals surface area (Å²) in [6.07, 6.45) is 3.42. The minimum Gasteiger partial charge on any atom is -0.497 e. The molecule has 1 N–H and O–H groups in total. The first-order chi connectivity index (χ1) is 12.9. The number of hydrogen-bond acceptors (Lipinski definition) is 6. The van der Waals surface area contributed by atoms with Gasteiger partial charge in [0, 0.05) is 18.2 Å². The van der Waals surface area contributed by atoms with Gasteiger partial charge in [0.15, 0.2) is 11.0 Å². The number of nitrogens with zero attached hydrogens (tertiary/aromatic N) is 3. The van der Waals surface area contributed by atoms with Crippen molar-refractivity contribution >= 4 is 17.7 Å². The maximum absolute atomic E-state index is 12.6. The lowest BCUT2D eigenvalue weighted by Gasteiger charge is -2.34. The second-order valence-corrected chi connectivity index (χ2v) is 7.93. The van der Waals surface area contributed by atoms with Crippen molar-refractivity contribution < 1.29 is 14.3 Å². The summed E-state index contributed by atoms with van der Waals surface area (Å²) in [5, 5.41) is 12.3. The van der Waals surface area contributed by atoms with E-state index < -0.39 is 0 Å². The molecule has 8 heteroatoms. The molecule has 0 saturated carbocycles. The molecule has 7 nitrogen and oxygen atoms in total. The first kappa shape index (κ1) is 19.7. The smallest absolute Gasteiger partial charge is 0.223 e. The number of hydrogen-bond donors (Lipinski definition) is 1. The molecular formula is C19H26N4O3S. The Morgan fingerprint density at radius 2 is 2.11 bits per heavy atom. The fraction of sp³-hybridized carbons (Fsp3) is 0.526. The summed E-state index contributed by atoms with van der Waals surface area (Å²) in [6.45, 7) is 4.99. The van der Waals surface area contributed by atoms with Gasteiger partial charge in [0.25, 0.3) is 0 Å². The second kappa shape index (κ2) is 8.31. The van der Waals surface area contributed by atoms with E-state index in [1.807, 2.05) is 48.9 Å². The number of carbonyl (C=O) groups excluding carboxylic acids is 1. The van der Waals surface area contributed by atoms with Gasteiger partial charge >= 0.3 is 0 Å². The zero-order valence-corrected chi connectivity index (χ0v) is 17.0. The zero-order chi connectivity index (χ0) is 19.4.